The molecule has 3 heteroatoms. The first kappa shape index (κ1) is 9.40. The maximum atomic E-state index is 8.86. The van der Waals surface area contributed by atoms with Gasteiger partial charge in [0.15, 0.2) is 11.5 Å². The van der Waals surface area contributed by atoms with Crippen LogP contribution in [-0.2, 0) is 0 Å². The van der Waals surface area contributed by atoms with Gasteiger partial charge in [0.05, 0.1) is 14.2 Å². The highest BCUT2D eigenvalue weighted by Gasteiger charge is 2.11. The molecule has 0 bridgehead atoms. The van der Waals surface area contributed by atoms with Gasteiger partial charge in [-0.15, -0.1) is 0 Å². The Bertz CT molecular complexity index is 353. The molecule has 1 rings (SSSR count). The second-order valence-corrected chi connectivity index (χ2v) is 2.60. The summed E-state index contributed by atoms with van der Waals surface area (Å²) in [5, 5.41) is 8.86. The average Bonchev–Trinajstić information content (AvgIpc) is 2.17. The number of nitriles is 1. The quantitative estimate of drug-likeness (QED) is 0.692. The van der Waals surface area contributed by atoms with Crippen molar-refractivity contribution in [2.45, 2.75) is 6.92 Å². The molecule has 0 heterocycles. The summed E-state index contributed by atoms with van der Waals surface area (Å²) in [6, 6.07) is 5.70. The summed E-state index contributed by atoms with van der Waals surface area (Å²) in [7, 11) is 3.08. The summed E-state index contributed by atoms with van der Waals surface area (Å²) in [4.78, 5) is 0. The molecule has 0 N–H and O–H groups in total. The van der Waals surface area contributed by atoms with Gasteiger partial charge in [-0.2, -0.15) is 5.26 Å². The molecule has 0 atom stereocenters. The van der Waals surface area contributed by atoms with E-state index < -0.39 is 0 Å². The van der Waals surface area contributed by atoms with Gasteiger partial charge in [-0.1, -0.05) is 6.07 Å². The summed E-state index contributed by atoms with van der Waals surface area (Å²) in [5.41, 5.74) is 1.42. The van der Waals surface area contributed by atoms with Gasteiger partial charge >= 0.3 is 0 Å². The van der Waals surface area contributed by atoms with Crippen molar-refractivity contribution in [3.63, 3.8) is 0 Å². The summed E-state index contributed by atoms with van der Waals surface area (Å²) >= 11 is 0. The number of methoxy groups -OCH3 is 2. The number of hydrogen-bond donors (Lipinski definition) is 0. The van der Waals surface area contributed by atoms with Crippen LogP contribution in [0, 0.1) is 18.3 Å². The average molecular weight is 177 g/mol. The second kappa shape index (κ2) is 3.81. The van der Waals surface area contributed by atoms with Crippen LogP contribution in [-0.4, -0.2) is 14.2 Å². The maximum absolute atomic E-state index is 8.86. The third kappa shape index (κ3) is 1.57. The molecule has 0 saturated carbocycles. The third-order valence-electron chi connectivity index (χ3n) is 1.87. The fraction of sp³-hybridized carbons (Fsp3) is 0.300. The Labute approximate surface area is 77.5 Å². The Morgan fingerprint density at radius 2 is 1.92 bits per heavy atom. The Kier molecular flexibility index (Phi) is 2.76. The SMILES string of the molecule is COc1ccc(C)c(C#N)c1OC. The van der Waals surface area contributed by atoms with Crippen LogP contribution in [0.2, 0.25) is 0 Å². The Morgan fingerprint density at radius 3 is 2.38 bits per heavy atom. The number of rotatable bonds is 2. The lowest BCUT2D eigenvalue weighted by Crippen LogP contribution is -1.95. The Balaban J connectivity index is 3.38. The van der Waals surface area contributed by atoms with Gasteiger partial charge in [-0.05, 0) is 18.6 Å². The van der Waals surface area contributed by atoms with Crippen molar-refractivity contribution < 1.29 is 9.47 Å². The maximum Gasteiger partial charge on any atom is 0.178 e. The molecule has 0 aromatic heterocycles. The molecule has 68 valence electrons. The monoisotopic (exact) mass is 177 g/mol. The largest absolute Gasteiger partial charge is 0.493 e. The van der Waals surface area contributed by atoms with E-state index in [2.05, 4.69) is 6.07 Å². The first-order valence-corrected chi connectivity index (χ1v) is 3.86. The van der Waals surface area contributed by atoms with Crippen LogP contribution in [0.3, 0.4) is 0 Å². The first-order chi connectivity index (χ1) is 6.24. The molecule has 13 heavy (non-hydrogen) atoms. The fourth-order valence-corrected chi connectivity index (χ4v) is 1.16. The van der Waals surface area contributed by atoms with Crippen LogP contribution in [0.25, 0.3) is 0 Å². The molecule has 0 aliphatic rings. The molecule has 1 aromatic rings. The smallest absolute Gasteiger partial charge is 0.178 e. The second-order valence-electron chi connectivity index (χ2n) is 2.60. The van der Waals surface area contributed by atoms with E-state index in [0.29, 0.717) is 17.1 Å². The highest BCUT2D eigenvalue weighted by molar-refractivity contribution is 5.56. The topological polar surface area (TPSA) is 42.2 Å². The lowest BCUT2D eigenvalue weighted by molar-refractivity contribution is 0.354. The zero-order chi connectivity index (χ0) is 9.84. The van der Waals surface area contributed by atoms with Crippen molar-refractivity contribution >= 4 is 0 Å². The zero-order valence-electron chi connectivity index (χ0n) is 7.92. The van der Waals surface area contributed by atoms with Crippen LogP contribution >= 0.6 is 0 Å². The van der Waals surface area contributed by atoms with E-state index in [-0.39, 0.29) is 0 Å². The lowest BCUT2D eigenvalue weighted by Gasteiger charge is -2.09. The predicted molar refractivity (Wildman–Crippen MR) is 49.0 cm³/mol. The van der Waals surface area contributed by atoms with Gasteiger partial charge in [0.25, 0.3) is 0 Å². The number of ether oxygens (including phenoxy) is 2. The van der Waals surface area contributed by atoms with E-state index in [4.69, 9.17) is 14.7 Å². The van der Waals surface area contributed by atoms with Crippen LogP contribution in [0.15, 0.2) is 12.1 Å². The van der Waals surface area contributed by atoms with E-state index in [1.165, 1.54) is 7.11 Å². The number of aryl methyl sites for hydroxylation is 1. The summed E-state index contributed by atoms with van der Waals surface area (Å²) < 4.78 is 10.1. The summed E-state index contributed by atoms with van der Waals surface area (Å²) in [5.74, 6) is 1.09. The molecule has 0 radical (unpaired) electrons. The van der Waals surface area contributed by atoms with Crippen molar-refractivity contribution in [1.29, 1.82) is 5.26 Å². The number of hydrogen-bond acceptors (Lipinski definition) is 3. The standard InChI is InChI=1S/C10H11NO2/c1-7-4-5-9(12-2)10(13-3)8(7)6-11/h4-5H,1-3H3. The minimum Gasteiger partial charge on any atom is -0.493 e. The molecule has 0 fully saturated rings. The predicted octanol–water partition coefficient (Wildman–Crippen LogP) is 1.88. The van der Waals surface area contributed by atoms with Gasteiger partial charge in [0, 0.05) is 0 Å². The van der Waals surface area contributed by atoms with Crippen LogP contribution < -0.4 is 9.47 Å². The van der Waals surface area contributed by atoms with E-state index in [0.717, 1.165) is 5.56 Å². The van der Waals surface area contributed by atoms with Crippen molar-refractivity contribution in [1.82, 2.24) is 0 Å². The van der Waals surface area contributed by atoms with E-state index in [1.807, 2.05) is 13.0 Å². The molecule has 0 aliphatic carbocycles. The first-order valence-electron chi connectivity index (χ1n) is 3.86. The van der Waals surface area contributed by atoms with Gasteiger partial charge in [0.1, 0.15) is 11.6 Å². The Morgan fingerprint density at radius 1 is 1.23 bits per heavy atom. The van der Waals surface area contributed by atoms with Crippen LogP contribution in [0.4, 0.5) is 0 Å². The highest BCUT2D eigenvalue weighted by atomic mass is 16.5. The number of benzene rings is 1. The van der Waals surface area contributed by atoms with Gasteiger partial charge in [-0.25, -0.2) is 0 Å². The summed E-state index contributed by atoms with van der Waals surface area (Å²) in [6.45, 7) is 1.86. The molecule has 1 aromatic carbocycles. The van der Waals surface area contributed by atoms with Crippen molar-refractivity contribution in [3.05, 3.63) is 23.3 Å². The molecule has 3 nitrogen and oxygen atoms in total. The molecule has 0 amide bonds. The lowest BCUT2D eigenvalue weighted by atomic mass is 10.1. The van der Waals surface area contributed by atoms with Gasteiger partial charge in [-0.3, -0.25) is 0 Å². The van der Waals surface area contributed by atoms with Gasteiger partial charge in [0.2, 0.25) is 0 Å². The van der Waals surface area contributed by atoms with Crippen molar-refractivity contribution in [2.24, 2.45) is 0 Å². The van der Waals surface area contributed by atoms with Crippen LogP contribution in [0.1, 0.15) is 11.1 Å². The Hall–Kier alpha value is -1.69. The van der Waals surface area contributed by atoms with E-state index >= 15 is 0 Å². The molecule has 0 saturated heterocycles. The molecule has 0 unspecified atom stereocenters. The van der Waals surface area contributed by atoms with Crippen molar-refractivity contribution in [3.8, 4) is 17.6 Å². The van der Waals surface area contributed by atoms with Crippen molar-refractivity contribution in [2.75, 3.05) is 14.2 Å². The highest BCUT2D eigenvalue weighted by Crippen LogP contribution is 2.32. The molecule has 0 aliphatic heterocycles. The van der Waals surface area contributed by atoms with Crippen LogP contribution in [0.5, 0.6) is 11.5 Å². The molecule has 0 spiro atoms. The van der Waals surface area contributed by atoms with E-state index in [1.54, 1.807) is 13.2 Å². The minimum absolute atomic E-state index is 0.505. The number of nitrogens with zero attached hydrogens (tertiary/aromatic N) is 1. The zero-order valence-corrected chi connectivity index (χ0v) is 7.92. The van der Waals surface area contributed by atoms with Gasteiger partial charge < -0.3 is 9.47 Å². The fourth-order valence-electron chi connectivity index (χ4n) is 1.16. The normalized spacial score (nSPS) is 9.08. The third-order valence-corrected chi connectivity index (χ3v) is 1.87. The molecular weight excluding hydrogens is 166 g/mol. The van der Waals surface area contributed by atoms with E-state index in [9.17, 15) is 0 Å². The summed E-state index contributed by atoms with van der Waals surface area (Å²) in [6.07, 6.45) is 0. The minimum atomic E-state index is 0.505. The molecular formula is C10H11NO2.